The van der Waals surface area contributed by atoms with Gasteiger partial charge in [-0.15, -0.1) is 3.89 Å². The smallest absolute Gasteiger partial charge is 0.303 e. The van der Waals surface area contributed by atoms with E-state index in [1.165, 1.54) is 11.8 Å². The van der Waals surface area contributed by atoms with Gasteiger partial charge in [0.15, 0.2) is 0 Å². The molecule has 1 saturated heterocycles. The third kappa shape index (κ3) is 2.69. The lowest BCUT2D eigenvalue weighted by Gasteiger charge is -2.45. The van der Waals surface area contributed by atoms with Crippen molar-refractivity contribution in [2.75, 3.05) is 12.3 Å². The fourth-order valence-corrected chi connectivity index (χ4v) is 3.25. The standard InChI is InChI=1S/C12H14FNO3S/c1-12(9-18(13,16)17)8-14(11(12)15)7-10-5-3-2-4-6-10/h2-6H,7-9H2,1H3. The van der Waals surface area contributed by atoms with Crippen LogP contribution in [-0.4, -0.2) is 31.5 Å². The highest BCUT2D eigenvalue weighted by Gasteiger charge is 2.50. The van der Waals surface area contributed by atoms with Gasteiger partial charge in [-0.25, -0.2) is 0 Å². The van der Waals surface area contributed by atoms with E-state index in [1.54, 1.807) is 0 Å². The average Bonchev–Trinajstić information content (AvgIpc) is 2.27. The molecule has 1 fully saturated rings. The highest BCUT2D eigenvalue weighted by molar-refractivity contribution is 7.86. The molecule has 0 N–H and O–H groups in total. The number of rotatable bonds is 4. The van der Waals surface area contributed by atoms with Gasteiger partial charge in [0.1, 0.15) is 0 Å². The van der Waals surface area contributed by atoms with Crippen LogP contribution in [0.3, 0.4) is 0 Å². The molecule has 6 heteroatoms. The van der Waals surface area contributed by atoms with Gasteiger partial charge in [-0.2, -0.15) is 8.42 Å². The molecule has 1 amide bonds. The van der Waals surface area contributed by atoms with Crippen molar-refractivity contribution < 1.29 is 17.1 Å². The summed E-state index contributed by atoms with van der Waals surface area (Å²) in [5.74, 6) is -1.04. The Morgan fingerprint density at radius 1 is 1.33 bits per heavy atom. The second-order valence-corrected chi connectivity index (χ2v) is 6.26. The monoisotopic (exact) mass is 271 g/mol. The first-order valence-electron chi connectivity index (χ1n) is 5.56. The zero-order valence-electron chi connectivity index (χ0n) is 9.97. The summed E-state index contributed by atoms with van der Waals surface area (Å²) >= 11 is 0. The number of halogens is 1. The predicted octanol–water partition coefficient (Wildman–Crippen LogP) is 1.33. The number of carbonyl (C=O) groups is 1. The van der Waals surface area contributed by atoms with Gasteiger partial charge in [-0.1, -0.05) is 30.3 Å². The zero-order chi connectivity index (χ0) is 13.4. The molecule has 18 heavy (non-hydrogen) atoms. The number of β-lactam (4-membered cyclic amide) rings is 1. The topological polar surface area (TPSA) is 54.5 Å². The summed E-state index contributed by atoms with van der Waals surface area (Å²) < 4.78 is 33.9. The second-order valence-electron chi connectivity index (χ2n) is 4.89. The summed E-state index contributed by atoms with van der Waals surface area (Å²) in [6.07, 6.45) is 0. The van der Waals surface area contributed by atoms with E-state index in [-0.39, 0.29) is 12.5 Å². The number of carbonyl (C=O) groups excluding carboxylic acids is 1. The summed E-state index contributed by atoms with van der Waals surface area (Å²) in [5.41, 5.74) is -0.140. The van der Waals surface area contributed by atoms with Crippen LogP contribution < -0.4 is 0 Å². The molecule has 1 aromatic rings. The minimum atomic E-state index is -4.62. The summed E-state index contributed by atoms with van der Waals surface area (Å²) in [4.78, 5) is 13.4. The molecule has 1 aliphatic rings. The molecule has 1 aromatic carbocycles. The number of hydrogen-bond acceptors (Lipinski definition) is 3. The van der Waals surface area contributed by atoms with Crippen LogP contribution >= 0.6 is 0 Å². The first kappa shape index (κ1) is 13.0. The van der Waals surface area contributed by atoms with Crippen LogP contribution in [-0.2, 0) is 21.6 Å². The van der Waals surface area contributed by atoms with Crippen molar-refractivity contribution in [3.8, 4) is 0 Å². The van der Waals surface area contributed by atoms with Crippen molar-refractivity contribution in [1.29, 1.82) is 0 Å². The maximum Gasteiger partial charge on any atom is 0.303 e. The van der Waals surface area contributed by atoms with Crippen molar-refractivity contribution in [2.24, 2.45) is 5.41 Å². The molecule has 1 heterocycles. The maximum atomic E-state index is 12.6. The average molecular weight is 271 g/mol. The molecule has 2 rings (SSSR count). The van der Waals surface area contributed by atoms with E-state index in [9.17, 15) is 17.1 Å². The van der Waals surface area contributed by atoms with Gasteiger partial charge in [0.25, 0.3) is 0 Å². The van der Waals surface area contributed by atoms with Crippen LogP contribution in [0.2, 0.25) is 0 Å². The normalized spacial score (nSPS) is 23.9. The first-order chi connectivity index (χ1) is 8.30. The lowest BCUT2D eigenvalue weighted by Crippen LogP contribution is -2.61. The Morgan fingerprint density at radius 3 is 2.44 bits per heavy atom. The van der Waals surface area contributed by atoms with Gasteiger partial charge in [0, 0.05) is 13.1 Å². The second kappa shape index (κ2) is 4.35. The number of amides is 1. The highest BCUT2D eigenvalue weighted by Crippen LogP contribution is 2.34. The van der Waals surface area contributed by atoms with E-state index >= 15 is 0 Å². The maximum absolute atomic E-state index is 12.6. The molecule has 98 valence electrons. The zero-order valence-corrected chi connectivity index (χ0v) is 10.8. The Kier molecular flexibility index (Phi) is 3.14. The molecule has 1 atom stereocenters. The Hall–Kier alpha value is -1.43. The Bertz CT molecular complexity index is 558. The molecular weight excluding hydrogens is 257 g/mol. The van der Waals surface area contributed by atoms with Crippen LogP contribution in [0.5, 0.6) is 0 Å². The number of nitrogens with zero attached hydrogens (tertiary/aromatic N) is 1. The van der Waals surface area contributed by atoms with E-state index in [1.807, 2.05) is 30.3 Å². The van der Waals surface area contributed by atoms with Crippen LogP contribution in [0.1, 0.15) is 12.5 Å². The molecule has 0 radical (unpaired) electrons. The van der Waals surface area contributed by atoms with Crippen LogP contribution in [0.4, 0.5) is 3.89 Å². The van der Waals surface area contributed by atoms with E-state index in [4.69, 9.17) is 0 Å². The van der Waals surface area contributed by atoms with Gasteiger partial charge in [0.05, 0.1) is 11.2 Å². The van der Waals surface area contributed by atoms with E-state index in [2.05, 4.69) is 0 Å². The first-order valence-corrected chi connectivity index (χ1v) is 7.11. The number of benzene rings is 1. The molecule has 0 aromatic heterocycles. The van der Waals surface area contributed by atoms with E-state index in [0.29, 0.717) is 6.54 Å². The van der Waals surface area contributed by atoms with Crippen LogP contribution in [0.15, 0.2) is 30.3 Å². The third-order valence-corrected chi connectivity index (χ3v) is 4.03. The minimum absolute atomic E-state index is 0.268. The molecular formula is C12H14FNO3S. The number of hydrogen-bond donors (Lipinski definition) is 0. The molecule has 0 bridgehead atoms. The summed E-state index contributed by atoms with van der Waals surface area (Å²) in [6, 6.07) is 9.38. The SMILES string of the molecule is CC1(CS(=O)(=O)F)CN(Cc2ccccc2)C1=O. The van der Waals surface area contributed by atoms with Crippen molar-refractivity contribution in [1.82, 2.24) is 4.90 Å². The Labute approximate surface area is 106 Å². The van der Waals surface area contributed by atoms with E-state index < -0.39 is 21.4 Å². The summed E-state index contributed by atoms with van der Waals surface area (Å²) in [6.45, 7) is 2.18. The molecule has 0 aliphatic carbocycles. The van der Waals surface area contributed by atoms with Crippen molar-refractivity contribution in [3.05, 3.63) is 35.9 Å². The quantitative estimate of drug-likeness (QED) is 0.613. The predicted molar refractivity (Wildman–Crippen MR) is 64.9 cm³/mol. The molecule has 0 spiro atoms. The van der Waals surface area contributed by atoms with Gasteiger partial charge in [0.2, 0.25) is 5.91 Å². The minimum Gasteiger partial charge on any atom is -0.337 e. The fraction of sp³-hybridized carbons (Fsp3) is 0.417. The molecule has 1 unspecified atom stereocenters. The van der Waals surface area contributed by atoms with Crippen molar-refractivity contribution >= 4 is 16.1 Å². The van der Waals surface area contributed by atoms with Gasteiger partial charge in [-0.3, -0.25) is 4.79 Å². The molecule has 0 saturated carbocycles. The molecule has 1 aliphatic heterocycles. The highest BCUT2D eigenvalue weighted by atomic mass is 32.3. The van der Waals surface area contributed by atoms with Crippen molar-refractivity contribution in [3.63, 3.8) is 0 Å². The Balaban J connectivity index is 2.00. The van der Waals surface area contributed by atoms with Crippen LogP contribution in [0.25, 0.3) is 0 Å². The Morgan fingerprint density at radius 2 is 1.94 bits per heavy atom. The van der Waals surface area contributed by atoms with Gasteiger partial charge >= 0.3 is 10.2 Å². The van der Waals surface area contributed by atoms with Gasteiger partial charge in [-0.05, 0) is 12.5 Å². The largest absolute Gasteiger partial charge is 0.337 e. The van der Waals surface area contributed by atoms with Crippen LogP contribution in [0, 0.1) is 5.41 Å². The molecule has 4 nitrogen and oxygen atoms in total. The lowest BCUT2D eigenvalue weighted by molar-refractivity contribution is -0.157. The summed E-state index contributed by atoms with van der Waals surface area (Å²) in [5, 5.41) is 0. The lowest BCUT2D eigenvalue weighted by atomic mass is 9.82. The number of likely N-dealkylation sites (tertiary alicyclic amines) is 1. The fourth-order valence-electron chi connectivity index (χ4n) is 2.27. The summed E-state index contributed by atoms with van der Waals surface area (Å²) in [7, 11) is -4.62. The van der Waals surface area contributed by atoms with E-state index in [0.717, 1.165) is 5.56 Å². The van der Waals surface area contributed by atoms with Gasteiger partial charge < -0.3 is 4.90 Å². The van der Waals surface area contributed by atoms with Crippen molar-refractivity contribution in [2.45, 2.75) is 13.5 Å². The third-order valence-electron chi connectivity index (χ3n) is 3.05.